The molecule has 0 unspecified atom stereocenters. The topological polar surface area (TPSA) is 34.1 Å². The summed E-state index contributed by atoms with van der Waals surface area (Å²) in [5, 5.41) is -0.478. The Hall–Kier alpha value is 1.78. The van der Waals surface area contributed by atoms with Gasteiger partial charge in [0.15, 0.2) is 0 Å². The molecule has 0 rings (SSSR count). The van der Waals surface area contributed by atoms with E-state index in [1.165, 1.54) is 0 Å². The van der Waals surface area contributed by atoms with Crippen molar-refractivity contribution in [2.24, 2.45) is 0 Å². The number of carbonyl (C=O) groups excluding carboxylic acids is 2. The molecule has 12 heavy (non-hydrogen) atoms. The van der Waals surface area contributed by atoms with Gasteiger partial charge in [0.2, 0.25) is 0 Å². The van der Waals surface area contributed by atoms with Crippen LogP contribution in [0.25, 0.3) is 0 Å². The fourth-order valence-electron chi connectivity index (χ4n) is 0.539. The summed E-state index contributed by atoms with van der Waals surface area (Å²) in [6.45, 7) is 0. The quantitative estimate of drug-likeness (QED) is 0.264. The van der Waals surface area contributed by atoms with Gasteiger partial charge in [-0.3, -0.25) is 0 Å². The van der Waals surface area contributed by atoms with E-state index in [4.69, 9.17) is 0 Å². The van der Waals surface area contributed by atoms with Crippen LogP contribution in [0.15, 0.2) is 0 Å². The van der Waals surface area contributed by atoms with Crippen molar-refractivity contribution in [3.63, 3.8) is 0 Å². The van der Waals surface area contributed by atoms with Crippen molar-refractivity contribution in [3.8, 4) is 0 Å². The second kappa shape index (κ2) is 12.8. The van der Waals surface area contributed by atoms with Crippen LogP contribution < -0.4 is 59.1 Å². The van der Waals surface area contributed by atoms with Crippen molar-refractivity contribution in [2.45, 2.75) is 25.7 Å². The Morgan fingerprint density at radius 1 is 0.833 bits per heavy atom. The fraction of sp³-hybridized carbons (Fsp3) is 0.667. The average Bonchev–Trinajstić information content (AvgIpc) is 1.79. The second-order valence-electron chi connectivity index (χ2n) is 1.95. The standard InChI is InChI=1S/C6H10O2S2.2Na/c7-5(9)3-1-2-4-6(8)10;;/h1-4H2,(H,7,9)(H,8,10);;/q;2*+1/p-2. The van der Waals surface area contributed by atoms with E-state index in [-0.39, 0.29) is 69.3 Å². The molecule has 0 aliphatic carbocycles. The van der Waals surface area contributed by atoms with E-state index in [1.807, 2.05) is 0 Å². The fourth-order valence-corrected chi connectivity index (χ4v) is 0.827. The third-order valence-electron chi connectivity index (χ3n) is 1.01. The van der Waals surface area contributed by atoms with Gasteiger partial charge in [-0.05, 0) is 25.7 Å². The van der Waals surface area contributed by atoms with Crippen LogP contribution in [0.2, 0.25) is 0 Å². The molecule has 0 N–H and O–H groups in total. The van der Waals surface area contributed by atoms with E-state index in [9.17, 15) is 9.59 Å². The zero-order valence-corrected chi connectivity index (χ0v) is 13.1. The Morgan fingerprint density at radius 3 is 1.25 bits per heavy atom. The minimum absolute atomic E-state index is 0. The summed E-state index contributed by atoms with van der Waals surface area (Å²) in [7, 11) is 0. The molecule has 0 fully saturated rings. The Kier molecular flexibility index (Phi) is 20.6. The number of hydrogen-bond acceptors (Lipinski definition) is 4. The molecule has 0 saturated heterocycles. The molecule has 2 nitrogen and oxygen atoms in total. The van der Waals surface area contributed by atoms with Crippen molar-refractivity contribution in [1.29, 1.82) is 0 Å². The van der Waals surface area contributed by atoms with Gasteiger partial charge in [0.05, 0.1) is 0 Å². The number of unbranched alkanes of at least 4 members (excludes halogenated alkanes) is 1. The maximum Gasteiger partial charge on any atom is 1.00 e. The van der Waals surface area contributed by atoms with Crippen molar-refractivity contribution >= 4 is 35.5 Å². The van der Waals surface area contributed by atoms with Gasteiger partial charge in [-0.2, -0.15) is 0 Å². The van der Waals surface area contributed by atoms with Crippen LogP contribution in [0.3, 0.4) is 0 Å². The van der Waals surface area contributed by atoms with Crippen molar-refractivity contribution in [1.82, 2.24) is 0 Å². The van der Waals surface area contributed by atoms with Crippen LogP contribution in [0.5, 0.6) is 0 Å². The zero-order valence-electron chi connectivity index (χ0n) is 7.46. The van der Waals surface area contributed by atoms with Crippen molar-refractivity contribution < 1.29 is 68.7 Å². The van der Waals surface area contributed by atoms with Crippen LogP contribution in [0, 0.1) is 0 Å². The Labute approximate surface area is 128 Å². The van der Waals surface area contributed by atoms with Crippen molar-refractivity contribution in [3.05, 3.63) is 0 Å². The van der Waals surface area contributed by atoms with Gasteiger partial charge in [-0.1, -0.05) is 0 Å². The molecular weight excluding hydrogens is 214 g/mol. The smallest absolute Gasteiger partial charge is 0.742 e. The summed E-state index contributed by atoms with van der Waals surface area (Å²) in [6, 6.07) is 0. The number of rotatable bonds is 5. The van der Waals surface area contributed by atoms with Gasteiger partial charge in [-0.25, -0.2) is 0 Å². The van der Waals surface area contributed by atoms with E-state index < -0.39 is 0 Å². The minimum Gasteiger partial charge on any atom is -0.742 e. The molecule has 58 valence electrons. The van der Waals surface area contributed by atoms with Gasteiger partial charge in [0.25, 0.3) is 0 Å². The summed E-state index contributed by atoms with van der Waals surface area (Å²) < 4.78 is 0. The largest absolute Gasteiger partial charge is 1.00 e. The normalized spacial score (nSPS) is 7.67. The van der Waals surface area contributed by atoms with E-state index in [2.05, 4.69) is 25.3 Å². The van der Waals surface area contributed by atoms with E-state index >= 15 is 0 Å². The monoisotopic (exact) mass is 222 g/mol. The SMILES string of the molecule is O=C([S-])CCCCC(=O)[S-].[Na+].[Na+]. The first-order chi connectivity index (χ1) is 4.63. The number of hydrogen-bond donors (Lipinski definition) is 0. The molecule has 0 heterocycles. The molecule has 0 aromatic carbocycles. The molecular formula is C6H8Na2O2S2. The van der Waals surface area contributed by atoms with Gasteiger partial charge >= 0.3 is 59.1 Å². The molecule has 0 aromatic rings. The molecule has 0 atom stereocenters. The van der Waals surface area contributed by atoms with E-state index in [1.54, 1.807) is 0 Å². The third kappa shape index (κ3) is 17.8. The van der Waals surface area contributed by atoms with Crippen LogP contribution >= 0.6 is 0 Å². The Morgan fingerprint density at radius 2 is 1.08 bits per heavy atom. The second-order valence-corrected chi connectivity index (χ2v) is 2.86. The van der Waals surface area contributed by atoms with Gasteiger partial charge in [0.1, 0.15) is 0 Å². The molecule has 0 spiro atoms. The maximum absolute atomic E-state index is 10.2. The molecule has 0 radical (unpaired) electrons. The van der Waals surface area contributed by atoms with Gasteiger partial charge in [0, 0.05) is 10.2 Å². The van der Waals surface area contributed by atoms with E-state index in [0.29, 0.717) is 25.7 Å². The van der Waals surface area contributed by atoms with Crippen LogP contribution in [-0.4, -0.2) is 10.2 Å². The summed E-state index contributed by atoms with van der Waals surface area (Å²) in [4.78, 5) is 20.4. The number of carbonyl (C=O) groups is 2. The zero-order chi connectivity index (χ0) is 7.98. The van der Waals surface area contributed by atoms with E-state index in [0.717, 1.165) is 0 Å². The first-order valence-electron chi connectivity index (χ1n) is 3.02. The molecule has 6 heteroatoms. The van der Waals surface area contributed by atoms with Crippen LogP contribution in [0.1, 0.15) is 25.7 Å². The molecule has 0 aliphatic rings. The predicted octanol–water partition coefficient (Wildman–Crippen LogP) is -5.30. The first kappa shape index (κ1) is 19.4. The van der Waals surface area contributed by atoms with Crippen LogP contribution in [-0.2, 0) is 34.8 Å². The summed E-state index contributed by atoms with van der Waals surface area (Å²) >= 11 is 8.62. The molecule has 0 aromatic heterocycles. The first-order valence-corrected chi connectivity index (χ1v) is 3.84. The Bertz CT molecular complexity index is 126. The molecule has 0 aliphatic heterocycles. The Balaban J connectivity index is -0.000000405. The molecule has 0 saturated carbocycles. The minimum atomic E-state index is -0.239. The average molecular weight is 222 g/mol. The molecule has 0 amide bonds. The van der Waals surface area contributed by atoms with Crippen LogP contribution in [0.4, 0.5) is 0 Å². The van der Waals surface area contributed by atoms with Crippen molar-refractivity contribution in [2.75, 3.05) is 0 Å². The van der Waals surface area contributed by atoms with Gasteiger partial charge < -0.3 is 34.8 Å². The predicted molar refractivity (Wildman–Crippen MR) is 43.2 cm³/mol. The third-order valence-corrected chi connectivity index (χ3v) is 1.42. The van der Waals surface area contributed by atoms with Gasteiger partial charge in [-0.15, -0.1) is 0 Å². The maximum atomic E-state index is 10.2. The summed E-state index contributed by atoms with van der Waals surface area (Å²) in [5.41, 5.74) is 0. The summed E-state index contributed by atoms with van der Waals surface area (Å²) in [5.74, 6) is 0. The molecule has 0 bridgehead atoms. The summed E-state index contributed by atoms with van der Waals surface area (Å²) in [6.07, 6.45) is 2.14.